The average Bonchev–Trinajstić information content (AvgIpc) is 3.91. The quantitative estimate of drug-likeness (QED) is 0.170. The highest BCUT2D eigenvalue weighted by Gasteiger charge is 2.24. The fourth-order valence-corrected chi connectivity index (χ4v) is 9.59. The number of nitrogens with zero attached hydrogens (tertiary/aromatic N) is 5. The Bertz CT molecular complexity index is 3460. The molecule has 0 amide bonds. The fraction of sp³-hybridized carbons (Fsp3) is 0. The summed E-state index contributed by atoms with van der Waals surface area (Å²) < 4.78 is 7.14. The number of aromatic nitrogens is 5. The van der Waals surface area contributed by atoms with E-state index in [1.165, 1.54) is 65.2 Å². The van der Waals surface area contributed by atoms with E-state index in [-0.39, 0.29) is 0 Å². The van der Waals surface area contributed by atoms with Gasteiger partial charge in [0.05, 0.1) is 44.3 Å². The molecule has 57 heavy (non-hydrogen) atoms. The maximum atomic E-state index is 5.50. The maximum absolute atomic E-state index is 5.50. The van der Waals surface area contributed by atoms with E-state index in [2.05, 4.69) is 202 Å². The fourth-order valence-electron chi connectivity index (χ4n) is 9.59. The van der Waals surface area contributed by atoms with Crippen molar-refractivity contribution in [2.75, 3.05) is 0 Å². The van der Waals surface area contributed by atoms with Crippen LogP contribution in [-0.2, 0) is 0 Å². The van der Waals surface area contributed by atoms with Crippen molar-refractivity contribution in [1.82, 2.24) is 23.7 Å². The van der Waals surface area contributed by atoms with Crippen molar-refractivity contribution in [2.45, 2.75) is 0 Å². The van der Waals surface area contributed by atoms with Crippen molar-refractivity contribution >= 4 is 87.1 Å². The van der Waals surface area contributed by atoms with Gasteiger partial charge in [-0.05, 0) is 65.4 Å². The second-order valence-electron chi connectivity index (χ2n) is 15.0. The first kappa shape index (κ1) is 30.6. The zero-order chi connectivity index (χ0) is 37.2. The normalized spacial score (nSPS) is 12.2. The van der Waals surface area contributed by atoms with E-state index in [9.17, 15) is 0 Å². The minimum atomic E-state index is 0.644. The van der Waals surface area contributed by atoms with Crippen molar-refractivity contribution in [3.8, 4) is 28.6 Å². The molecule has 0 bridgehead atoms. The number of rotatable bonds is 4. The van der Waals surface area contributed by atoms with Crippen LogP contribution in [0.3, 0.4) is 0 Å². The summed E-state index contributed by atoms with van der Waals surface area (Å²) in [7, 11) is 0. The van der Waals surface area contributed by atoms with Crippen LogP contribution < -0.4 is 0 Å². The summed E-state index contributed by atoms with van der Waals surface area (Å²) in [5.74, 6) is 0.644. The summed E-state index contributed by atoms with van der Waals surface area (Å²) in [5.41, 5.74) is 11.9. The summed E-state index contributed by atoms with van der Waals surface area (Å²) in [6, 6.07) is 67.7. The third-order valence-corrected chi connectivity index (χ3v) is 12.0. The van der Waals surface area contributed by atoms with Crippen molar-refractivity contribution < 1.29 is 0 Å². The minimum absolute atomic E-state index is 0.644. The van der Waals surface area contributed by atoms with Crippen LogP contribution in [-0.4, -0.2) is 23.7 Å². The second kappa shape index (κ2) is 11.4. The van der Waals surface area contributed by atoms with Crippen molar-refractivity contribution in [2.24, 2.45) is 0 Å². The van der Waals surface area contributed by atoms with Gasteiger partial charge in [-0.3, -0.25) is 4.57 Å². The molecule has 0 N–H and O–H groups in total. The number of benzene rings is 9. The molecule has 13 rings (SSSR count). The second-order valence-corrected chi connectivity index (χ2v) is 15.0. The Hall–Kier alpha value is -7.76. The van der Waals surface area contributed by atoms with Gasteiger partial charge in [0, 0.05) is 54.6 Å². The largest absolute Gasteiger partial charge is 0.309 e. The molecule has 0 aliphatic carbocycles. The summed E-state index contributed by atoms with van der Waals surface area (Å²) in [6.07, 6.45) is 0. The van der Waals surface area contributed by atoms with Crippen molar-refractivity contribution in [1.29, 1.82) is 0 Å². The monoisotopic (exact) mass is 725 g/mol. The molecule has 264 valence electrons. The molecule has 0 aliphatic rings. The van der Waals surface area contributed by atoms with Crippen LogP contribution in [0.25, 0.3) is 116 Å². The molecule has 4 heterocycles. The molecule has 0 spiro atoms. The van der Waals surface area contributed by atoms with E-state index >= 15 is 0 Å². The number of fused-ring (bicyclic) bond motifs is 7. The molecule has 0 fully saturated rings. The lowest BCUT2D eigenvalue weighted by Gasteiger charge is -2.14. The molecule has 9 aromatic carbocycles. The van der Waals surface area contributed by atoms with Gasteiger partial charge >= 0.3 is 0 Å². The molecular formula is C52H31N5. The average molecular weight is 726 g/mol. The Balaban J connectivity index is 1.20. The first-order chi connectivity index (χ1) is 28.3. The van der Waals surface area contributed by atoms with Crippen LogP contribution in [0.4, 0.5) is 0 Å². The van der Waals surface area contributed by atoms with Crippen LogP contribution in [0, 0.1) is 0 Å². The third kappa shape index (κ3) is 4.23. The summed E-state index contributed by atoms with van der Waals surface area (Å²) in [6.45, 7) is 0. The molecular weight excluding hydrogens is 695 g/mol. The summed E-state index contributed by atoms with van der Waals surface area (Å²) in [4.78, 5) is 10.9. The zero-order valence-corrected chi connectivity index (χ0v) is 30.6. The van der Waals surface area contributed by atoms with E-state index < -0.39 is 0 Å². The predicted molar refractivity (Wildman–Crippen MR) is 237 cm³/mol. The number of hydrogen-bond acceptors (Lipinski definition) is 2. The Morgan fingerprint density at radius 1 is 0.316 bits per heavy atom. The Kier molecular flexibility index (Phi) is 6.10. The third-order valence-electron chi connectivity index (χ3n) is 12.0. The van der Waals surface area contributed by atoms with E-state index in [1.54, 1.807) is 0 Å². The van der Waals surface area contributed by atoms with E-state index in [0.29, 0.717) is 5.95 Å². The van der Waals surface area contributed by atoms with Gasteiger partial charge in [-0.25, -0.2) is 9.97 Å². The first-order valence-electron chi connectivity index (χ1n) is 19.4. The zero-order valence-electron chi connectivity index (χ0n) is 30.6. The highest BCUT2D eigenvalue weighted by molar-refractivity contribution is 6.25. The van der Waals surface area contributed by atoms with Gasteiger partial charge in [-0.2, -0.15) is 0 Å². The van der Waals surface area contributed by atoms with Gasteiger partial charge in [0.1, 0.15) is 0 Å². The molecule has 13 aromatic rings. The van der Waals surface area contributed by atoms with Crippen LogP contribution in [0.5, 0.6) is 0 Å². The van der Waals surface area contributed by atoms with Gasteiger partial charge < -0.3 is 9.13 Å². The Labute approximate surface area is 326 Å². The highest BCUT2D eigenvalue weighted by atomic mass is 15.2. The summed E-state index contributed by atoms with van der Waals surface area (Å²) in [5, 5.41) is 10.7. The standard InChI is InChI=1S/C52H31N5/c1-2-14-32(15-3-1)51-41-20-4-9-21-42(41)53-52(54-51)57-47-30-35(55-43-22-10-5-16-37(43)38-17-6-11-23-44(38)55)28-33-26-27-34-29-36(31-48(57)50(34)49(33)47)56-45-24-12-7-18-39(45)40-19-8-13-25-46(40)56/h1-31H. The topological polar surface area (TPSA) is 40.6 Å². The van der Waals surface area contributed by atoms with Crippen molar-refractivity contribution in [3.05, 3.63) is 188 Å². The smallest absolute Gasteiger partial charge is 0.235 e. The number of hydrogen-bond donors (Lipinski definition) is 0. The Morgan fingerprint density at radius 3 is 1.23 bits per heavy atom. The molecule has 4 aromatic heterocycles. The molecule has 0 radical (unpaired) electrons. The number of para-hydroxylation sites is 5. The Morgan fingerprint density at radius 2 is 0.737 bits per heavy atom. The highest BCUT2D eigenvalue weighted by Crippen LogP contribution is 2.44. The van der Waals surface area contributed by atoms with Gasteiger partial charge in [0.2, 0.25) is 5.95 Å². The van der Waals surface area contributed by atoms with E-state index in [1.807, 2.05) is 0 Å². The molecule has 0 atom stereocenters. The molecule has 0 unspecified atom stereocenters. The molecule has 5 heteroatoms. The van der Waals surface area contributed by atoms with Gasteiger partial charge in [0.15, 0.2) is 0 Å². The lowest BCUT2D eigenvalue weighted by atomic mass is 10.0. The molecule has 0 aliphatic heterocycles. The van der Waals surface area contributed by atoms with Crippen LogP contribution in [0.2, 0.25) is 0 Å². The molecule has 0 saturated heterocycles. The lowest BCUT2D eigenvalue weighted by molar-refractivity contribution is 1.01. The van der Waals surface area contributed by atoms with Gasteiger partial charge in [0.25, 0.3) is 0 Å². The molecule has 5 nitrogen and oxygen atoms in total. The maximum Gasteiger partial charge on any atom is 0.235 e. The SMILES string of the molecule is c1ccc(-c2nc(-n3c4cc(-n5c6ccccc6c6ccccc65)cc5ccc6cc(-n7c8ccccc8c8ccccc87)cc3c6c54)nc3ccccc23)cc1. The van der Waals surface area contributed by atoms with Crippen LogP contribution in [0.15, 0.2) is 188 Å². The first-order valence-corrected chi connectivity index (χ1v) is 19.4. The summed E-state index contributed by atoms with van der Waals surface area (Å²) >= 11 is 0. The predicted octanol–water partition coefficient (Wildman–Crippen LogP) is 13.2. The van der Waals surface area contributed by atoms with Crippen LogP contribution >= 0.6 is 0 Å². The van der Waals surface area contributed by atoms with E-state index in [4.69, 9.17) is 9.97 Å². The van der Waals surface area contributed by atoms with Crippen LogP contribution in [0.1, 0.15) is 0 Å². The van der Waals surface area contributed by atoms with Gasteiger partial charge in [-0.1, -0.05) is 133 Å². The molecule has 0 saturated carbocycles. The van der Waals surface area contributed by atoms with Gasteiger partial charge in [-0.15, -0.1) is 0 Å². The lowest BCUT2D eigenvalue weighted by Crippen LogP contribution is -2.04. The van der Waals surface area contributed by atoms with Crippen molar-refractivity contribution in [3.63, 3.8) is 0 Å². The van der Waals surface area contributed by atoms with E-state index in [0.717, 1.165) is 44.6 Å². The minimum Gasteiger partial charge on any atom is -0.309 e.